The van der Waals surface area contributed by atoms with Crippen molar-refractivity contribution in [2.45, 2.75) is 45.3 Å². The molecular weight excluding hydrogens is 404 g/mol. The largest absolute Gasteiger partial charge is 0.434 e. The van der Waals surface area contributed by atoms with E-state index in [0.717, 1.165) is 0 Å². The van der Waals surface area contributed by atoms with E-state index in [-0.39, 0.29) is 43.4 Å². The molecule has 0 saturated carbocycles. The molecule has 2 aromatic rings. The number of nitriles is 1. The summed E-state index contributed by atoms with van der Waals surface area (Å²) in [5.74, 6) is -0.640. The van der Waals surface area contributed by atoms with E-state index in [1.807, 2.05) is 19.1 Å². The van der Waals surface area contributed by atoms with Crippen LogP contribution in [-0.4, -0.2) is 25.0 Å². The first-order valence-electron chi connectivity index (χ1n) is 10.0. The third kappa shape index (κ3) is 7.37. The predicted molar refractivity (Wildman–Crippen MR) is 113 cm³/mol. The molecule has 0 aliphatic heterocycles. The summed E-state index contributed by atoms with van der Waals surface area (Å²) in [6.45, 7) is -0.921. The van der Waals surface area contributed by atoms with Gasteiger partial charge < -0.3 is 15.0 Å². The number of halogens is 2. The van der Waals surface area contributed by atoms with Gasteiger partial charge in [0.1, 0.15) is 5.75 Å². The van der Waals surface area contributed by atoms with Crippen LogP contribution in [0.5, 0.6) is 5.75 Å². The molecule has 0 radical (unpaired) electrons. The van der Waals surface area contributed by atoms with E-state index in [1.54, 1.807) is 42.5 Å². The van der Waals surface area contributed by atoms with E-state index in [2.05, 4.69) is 10.1 Å². The third-order valence-electron chi connectivity index (χ3n) is 4.64. The van der Waals surface area contributed by atoms with E-state index in [0.29, 0.717) is 17.7 Å². The highest BCUT2D eigenvalue weighted by atomic mass is 19.3. The number of benzene rings is 2. The fourth-order valence-corrected chi connectivity index (χ4v) is 3.16. The fraction of sp³-hybridized carbons (Fsp3) is 0.348. The Kier molecular flexibility index (Phi) is 9.43. The summed E-state index contributed by atoms with van der Waals surface area (Å²) in [5, 5.41) is 11.7. The second-order valence-electron chi connectivity index (χ2n) is 6.73. The van der Waals surface area contributed by atoms with Crippen molar-refractivity contribution in [1.29, 1.82) is 5.26 Å². The van der Waals surface area contributed by atoms with Crippen LogP contribution in [0.4, 0.5) is 14.5 Å². The lowest BCUT2D eigenvalue weighted by Crippen LogP contribution is -2.34. The Labute approximate surface area is 180 Å². The SMILES string of the molecule is CCC(NC(=O)CCC(=O)N(CCC#N)c1ccccc1)c1ccccc1OC(F)F. The molecule has 0 aromatic heterocycles. The van der Waals surface area contributed by atoms with E-state index in [4.69, 9.17) is 5.26 Å². The average Bonchev–Trinajstić information content (AvgIpc) is 2.77. The minimum Gasteiger partial charge on any atom is -0.434 e. The maximum absolute atomic E-state index is 12.7. The predicted octanol–water partition coefficient (Wildman–Crippen LogP) is 4.58. The van der Waals surface area contributed by atoms with Crippen LogP contribution in [0.15, 0.2) is 54.6 Å². The van der Waals surface area contributed by atoms with Gasteiger partial charge in [-0.05, 0) is 24.6 Å². The van der Waals surface area contributed by atoms with E-state index >= 15 is 0 Å². The number of nitrogens with one attached hydrogen (secondary N) is 1. The maximum atomic E-state index is 12.7. The summed E-state index contributed by atoms with van der Waals surface area (Å²) >= 11 is 0. The van der Waals surface area contributed by atoms with E-state index < -0.39 is 12.7 Å². The number of carbonyl (C=O) groups is 2. The minimum absolute atomic E-state index is 0.00693. The van der Waals surface area contributed by atoms with Crippen LogP contribution in [0.1, 0.15) is 44.2 Å². The van der Waals surface area contributed by atoms with Crippen LogP contribution in [0, 0.1) is 11.3 Å². The van der Waals surface area contributed by atoms with Gasteiger partial charge in [-0.1, -0.05) is 43.3 Å². The summed E-state index contributed by atoms with van der Waals surface area (Å²) in [4.78, 5) is 26.6. The van der Waals surface area contributed by atoms with Gasteiger partial charge in [-0.15, -0.1) is 0 Å². The second kappa shape index (κ2) is 12.3. The van der Waals surface area contributed by atoms with Crippen molar-refractivity contribution in [3.63, 3.8) is 0 Å². The van der Waals surface area contributed by atoms with Crippen molar-refractivity contribution in [2.75, 3.05) is 11.4 Å². The van der Waals surface area contributed by atoms with Crippen LogP contribution in [0.2, 0.25) is 0 Å². The van der Waals surface area contributed by atoms with Gasteiger partial charge in [0.25, 0.3) is 0 Å². The highest BCUT2D eigenvalue weighted by Gasteiger charge is 2.21. The smallest absolute Gasteiger partial charge is 0.387 e. The molecule has 2 rings (SSSR count). The van der Waals surface area contributed by atoms with Gasteiger partial charge >= 0.3 is 6.61 Å². The highest BCUT2D eigenvalue weighted by Crippen LogP contribution is 2.28. The summed E-state index contributed by atoms with van der Waals surface area (Å²) in [7, 11) is 0. The molecule has 6 nitrogen and oxygen atoms in total. The molecule has 0 spiro atoms. The van der Waals surface area contributed by atoms with Gasteiger partial charge in [0, 0.05) is 30.6 Å². The second-order valence-corrected chi connectivity index (χ2v) is 6.73. The molecule has 0 saturated heterocycles. The molecule has 164 valence electrons. The van der Waals surface area contributed by atoms with Gasteiger partial charge in [-0.25, -0.2) is 0 Å². The monoisotopic (exact) mass is 429 g/mol. The molecule has 0 fully saturated rings. The number of hydrogen-bond donors (Lipinski definition) is 1. The Morgan fingerprint density at radius 3 is 2.42 bits per heavy atom. The Morgan fingerprint density at radius 1 is 1.10 bits per heavy atom. The highest BCUT2D eigenvalue weighted by molar-refractivity contribution is 5.95. The molecule has 1 N–H and O–H groups in total. The maximum Gasteiger partial charge on any atom is 0.387 e. The van der Waals surface area contributed by atoms with Crippen LogP contribution >= 0.6 is 0 Å². The molecule has 1 atom stereocenters. The molecule has 0 bridgehead atoms. The number of carbonyl (C=O) groups excluding carboxylic acids is 2. The molecule has 31 heavy (non-hydrogen) atoms. The van der Waals surface area contributed by atoms with Crippen LogP contribution in [-0.2, 0) is 9.59 Å². The molecule has 0 aliphatic carbocycles. The Morgan fingerprint density at radius 2 is 1.77 bits per heavy atom. The van der Waals surface area contributed by atoms with Crippen molar-refractivity contribution >= 4 is 17.5 Å². The van der Waals surface area contributed by atoms with Crippen LogP contribution < -0.4 is 15.0 Å². The first kappa shape index (κ1) is 23.8. The zero-order chi connectivity index (χ0) is 22.6. The number of anilines is 1. The van der Waals surface area contributed by atoms with Crippen LogP contribution in [0.25, 0.3) is 0 Å². The number of hydrogen-bond acceptors (Lipinski definition) is 4. The number of nitrogens with zero attached hydrogens (tertiary/aromatic N) is 2. The lowest BCUT2D eigenvalue weighted by molar-refractivity contribution is -0.125. The zero-order valence-electron chi connectivity index (χ0n) is 17.3. The third-order valence-corrected chi connectivity index (χ3v) is 4.64. The number of para-hydroxylation sites is 2. The molecule has 2 aromatic carbocycles. The van der Waals surface area contributed by atoms with Crippen molar-refractivity contribution in [2.24, 2.45) is 0 Å². The van der Waals surface area contributed by atoms with Gasteiger partial charge in [0.2, 0.25) is 11.8 Å². The van der Waals surface area contributed by atoms with Crippen molar-refractivity contribution in [1.82, 2.24) is 5.32 Å². The summed E-state index contributed by atoms with van der Waals surface area (Å²) in [5.41, 5.74) is 1.11. The number of amides is 2. The normalized spacial score (nSPS) is 11.5. The van der Waals surface area contributed by atoms with Gasteiger partial charge in [0.15, 0.2) is 0 Å². The summed E-state index contributed by atoms with van der Waals surface area (Å²) < 4.78 is 29.9. The molecule has 8 heteroatoms. The molecule has 0 heterocycles. The summed E-state index contributed by atoms with van der Waals surface area (Å²) in [6.07, 6.45) is 0.522. The minimum atomic E-state index is -2.97. The Bertz CT molecular complexity index is 900. The fourth-order valence-electron chi connectivity index (χ4n) is 3.16. The molecule has 0 aliphatic rings. The lowest BCUT2D eigenvalue weighted by Gasteiger charge is -2.23. The number of ether oxygens (including phenoxy) is 1. The van der Waals surface area contributed by atoms with E-state index in [1.165, 1.54) is 11.0 Å². The van der Waals surface area contributed by atoms with Gasteiger partial charge in [0.05, 0.1) is 18.5 Å². The standard InChI is InChI=1S/C23H25F2N3O3/c1-2-19(18-11-6-7-12-20(18)31-23(24)25)27-21(29)13-14-22(30)28(16-8-15-26)17-9-4-3-5-10-17/h3-7,9-12,19,23H,2,8,13-14,16H2,1H3,(H,27,29). The van der Waals surface area contributed by atoms with Crippen molar-refractivity contribution < 1.29 is 23.1 Å². The first-order valence-corrected chi connectivity index (χ1v) is 10.0. The van der Waals surface area contributed by atoms with Gasteiger partial charge in [-0.2, -0.15) is 14.0 Å². The van der Waals surface area contributed by atoms with E-state index in [9.17, 15) is 18.4 Å². The Hall–Kier alpha value is -3.47. The summed E-state index contributed by atoms with van der Waals surface area (Å²) in [6, 6.07) is 16.7. The van der Waals surface area contributed by atoms with Crippen molar-refractivity contribution in [3.05, 3.63) is 60.2 Å². The first-order chi connectivity index (χ1) is 15.0. The quantitative estimate of drug-likeness (QED) is 0.567. The molecule has 2 amide bonds. The average molecular weight is 429 g/mol. The van der Waals surface area contributed by atoms with Gasteiger partial charge in [-0.3, -0.25) is 9.59 Å². The van der Waals surface area contributed by atoms with Crippen LogP contribution in [0.3, 0.4) is 0 Å². The Balaban J connectivity index is 2.01. The van der Waals surface area contributed by atoms with Crippen molar-refractivity contribution in [3.8, 4) is 11.8 Å². The topological polar surface area (TPSA) is 82.4 Å². The molecule has 1 unspecified atom stereocenters. The molecular formula is C23H25F2N3O3. The zero-order valence-corrected chi connectivity index (χ0v) is 17.3. The lowest BCUT2D eigenvalue weighted by atomic mass is 10.0. The number of rotatable bonds is 11. The number of alkyl halides is 2.